The van der Waals surface area contributed by atoms with Gasteiger partial charge in [0.05, 0.1) is 12.5 Å². The second kappa shape index (κ2) is 4.30. The Morgan fingerprint density at radius 1 is 1.50 bits per heavy atom. The first kappa shape index (κ1) is 11.5. The molecule has 1 aliphatic carbocycles. The van der Waals surface area contributed by atoms with Crippen molar-refractivity contribution < 1.29 is 9.53 Å². The van der Waals surface area contributed by atoms with Crippen LogP contribution >= 0.6 is 0 Å². The number of hydrogen-bond acceptors (Lipinski definition) is 3. The highest BCUT2D eigenvalue weighted by molar-refractivity contribution is 5.76. The fourth-order valence-electron chi connectivity index (χ4n) is 1.82. The predicted molar refractivity (Wildman–Crippen MR) is 56.0 cm³/mol. The van der Waals surface area contributed by atoms with E-state index in [1.807, 2.05) is 13.8 Å². The number of hydrogen-bond donors (Lipinski definition) is 0. The molecule has 0 spiro atoms. The van der Waals surface area contributed by atoms with E-state index in [4.69, 9.17) is 4.74 Å². The molecule has 0 saturated heterocycles. The standard InChI is InChI=1S/C11H21NO2/c1-11(2,10(13)14-4)8-12(3)7-9-5-6-9/h9H,5-8H2,1-4H3. The van der Waals surface area contributed by atoms with Gasteiger partial charge in [0.25, 0.3) is 0 Å². The number of rotatable bonds is 5. The summed E-state index contributed by atoms with van der Waals surface area (Å²) in [5.41, 5.74) is -0.390. The van der Waals surface area contributed by atoms with Gasteiger partial charge in [-0.15, -0.1) is 0 Å². The summed E-state index contributed by atoms with van der Waals surface area (Å²) in [6.07, 6.45) is 2.70. The van der Waals surface area contributed by atoms with Gasteiger partial charge in [0, 0.05) is 13.1 Å². The normalized spacial score (nSPS) is 17.2. The van der Waals surface area contributed by atoms with Crippen LogP contribution in [-0.4, -0.2) is 38.1 Å². The van der Waals surface area contributed by atoms with Crippen molar-refractivity contribution in [1.82, 2.24) is 4.90 Å². The van der Waals surface area contributed by atoms with Crippen molar-refractivity contribution in [2.45, 2.75) is 26.7 Å². The number of carbonyl (C=O) groups is 1. The van der Waals surface area contributed by atoms with Crippen molar-refractivity contribution in [3.63, 3.8) is 0 Å². The summed E-state index contributed by atoms with van der Waals surface area (Å²) in [5, 5.41) is 0. The Bertz CT molecular complexity index is 209. The van der Waals surface area contributed by atoms with E-state index in [-0.39, 0.29) is 5.97 Å². The first-order valence-electron chi connectivity index (χ1n) is 5.22. The van der Waals surface area contributed by atoms with E-state index >= 15 is 0 Å². The summed E-state index contributed by atoms with van der Waals surface area (Å²) in [6, 6.07) is 0. The number of carbonyl (C=O) groups excluding carboxylic acids is 1. The van der Waals surface area contributed by atoms with Gasteiger partial charge in [-0.05, 0) is 39.7 Å². The Morgan fingerprint density at radius 2 is 2.07 bits per heavy atom. The molecule has 82 valence electrons. The Kier molecular flexibility index (Phi) is 3.53. The summed E-state index contributed by atoms with van der Waals surface area (Å²) in [5.74, 6) is 0.744. The molecule has 0 aromatic heterocycles. The Labute approximate surface area is 86.4 Å². The van der Waals surface area contributed by atoms with Crippen LogP contribution in [0.2, 0.25) is 0 Å². The lowest BCUT2D eigenvalue weighted by molar-refractivity contribution is -0.151. The second-order valence-corrected chi connectivity index (χ2v) is 5.02. The lowest BCUT2D eigenvalue weighted by Gasteiger charge is -2.27. The predicted octanol–water partition coefficient (Wildman–Crippen LogP) is 1.53. The van der Waals surface area contributed by atoms with Crippen LogP contribution in [0.4, 0.5) is 0 Å². The van der Waals surface area contributed by atoms with E-state index in [1.54, 1.807) is 0 Å². The molecular weight excluding hydrogens is 178 g/mol. The molecule has 0 N–H and O–H groups in total. The molecule has 0 radical (unpaired) electrons. The van der Waals surface area contributed by atoms with Crippen molar-refractivity contribution in [2.75, 3.05) is 27.2 Å². The van der Waals surface area contributed by atoms with Gasteiger partial charge in [-0.1, -0.05) is 0 Å². The molecule has 3 nitrogen and oxygen atoms in total. The number of ether oxygens (including phenoxy) is 1. The van der Waals surface area contributed by atoms with Crippen molar-refractivity contribution >= 4 is 5.97 Å². The van der Waals surface area contributed by atoms with Crippen molar-refractivity contribution in [1.29, 1.82) is 0 Å². The average molecular weight is 199 g/mol. The van der Waals surface area contributed by atoms with Crippen LogP contribution in [0.1, 0.15) is 26.7 Å². The lowest BCUT2D eigenvalue weighted by Crippen LogP contribution is -2.38. The SMILES string of the molecule is COC(=O)C(C)(C)CN(C)CC1CC1. The van der Waals surface area contributed by atoms with Crippen LogP contribution < -0.4 is 0 Å². The first-order chi connectivity index (χ1) is 6.45. The van der Waals surface area contributed by atoms with E-state index in [0.29, 0.717) is 0 Å². The molecule has 0 atom stereocenters. The maximum atomic E-state index is 11.4. The van der Waals surface area contributed by atoms with Gasteiger partial charge in [-0.2, -0.15) is 0 Å². The van der Waals surface area contributed by atoms with Crippen LogP contribution in [0.15, 0.2) is 0 Å². The third-order valence-corrected chi connectivity index (χ3v) is 2.67. The fourth-order valence-corrected chi connectivity index (χ4v) is 1.82. The first-order valence-corrected chi connectivity index (χ1v) is 5.22. The van der Waals surface area contributed by atoms with Crippen molar-refractivity contribution in [3.8, 4) is 0 Å². The minimum Gasteiger partial charge on any atom is -0.469 e. The molecule has 0 heterocycles. The third kappa shape index (κ3) is 3.29. The maximum Gasteiger partial charge on any atom is 0.312 e. The second-order valence-electron chi connectivity index (χ2n) is 5.02. The van der Waals surface area contributed by atoms with E-state index in [2.05, 4.69) is 11.9 Å². The van der Waals surface area contributed by atoms with E-state index in [1.165, 1.54) is 20.0 Å². The van der Waals surface area contributed by atoms with Gasteiger partial charge in [0.15, 0.2) is 0 Å². The minimum absolute atomic E-state index is 0.125. The molecule has 0 amide bonds. The van der Waals surface area contributed by atoms with Crippen molar-refractivity contribution in [3.05, 3.63) is 0 Å². The van der Waals surface area contributed by atoms with Crippen LogP contribution in [-0.2, 0) is 9.53 Å². The zero-order chi connectivity index (χ0) is 10.8. The Morgan fingerprint density at radius 3 is 2.50 bits per heavy atom. The van der Waals surface area contributed by atoms with E-state index in [0.717, 1.165) is 19.0 Å². The molecule has 0 unspecified atom stereocenters. The molecule has 0 bridgehead atoms. The van der Waals surface area contributed by atoms with Crippen LogP contribution in [0.3, 0.4) is 0 Å². The molecule has 14 heavy (non-hydrogen) atoms. The highest BCUT2D eigenvalue weighted by atomic mass is 16.5. The van der Waals surface area contributed by atoms with Crippen LogP contribution in [0, 0.1) is 11.3 Å². The largest absolute Gasteiger partial charge is 0.469 e. The lowest BCUT2D eigenvalue weighted by atomic mass is 9.93. The van der Waals surface area contributed by atoms with Gasteiger partial charge in [-0.25, -0.2) is 0 Å². The van der Waals surface area contributed by atoms with Gasteiger partial charge in [0.2, 0.25) is 0 Å². The monoisotopic (exact) mass is 199 g/mol. The summed E-state index contributed by atoms with van der Waals surface area (Å²) in [4.78, 5) is 13.7. The zero-order valence-electron chi connectivity index (χ0n) is 9.67. The zero-order valence-corrected chi connectivity index (χ0v) is 9.67. The number of nitrogens with zero attached hydrogens (tertiary/aromatic N) is 1. The van der Waals surface area contributed by atoms with Crippen LogP contribution in [0.5, 0.6) is 0 Å². The summed E-state index contributed by atoms with van der Waals surface area (Å²) in [7, 11) is 3.52. The van der Waals surface area contributed by atoms with Gasteiger partial charge >= 0.3 is 5.97 Å². The Hall–Kier alpha value is -0.570. The average Bonchev–Trinajstić information content (AvgIpc) is 2.85. The topological polar surface area (TPSA) is 29.5 Å². The van der Waals surface area contributed by atoms with Crippen LogP contribution in [0.25, 0.3) is 0 Å². The molecule has 1 rings (SSSR count). The van der Waals surface area contributed by atoms with Gasteiger partial charge in [0.1, 0.15) is 0 Å². The van der Waals surface area contributed by atoms with Gasteiger partial charge < -0.3 is 9.64 Å². The molecule has 1 aliphatic rings. The third-order valence-electron chi connectivity index (χ3n) is 2.67. The highest BCUT2D eigenvalue weighted by Gasteiger charge is 2.32. The molecule has 1 saturated carbocycles. The molecule has 1 fully saturated rings. The number of methoxy groups -OCH3 is 1. The number of esters is 1. The molecule has 3 heteroatoms. The molecule has 0 aliphatic heterocycles. The Balaban J connectivity index is 2.35. The molecular formula is C11H21NO2. The molecule has 0 aromatic rings. The van der Waals surface area contributed by atoms with E-state index < -0.39 is 5.41 Å². The summed E-state index contributed by atoms with van der Waals surface area (Å²) < 4.78 is 4.77. The summed E-state index contributed by atoms with van der Waals surface area (Å²) in [6.45, 7) is 5.75. The maximum absolute atomic E-state index is 11.4. The minimum atomic E-state index is -0.390. The van der Waals surface area contributed by atoms with Crippen molar-refractivity contribution in [2.24, 2.45) is 11.3 Å². The quantitative estimate of drug-likeness (QED) is 0.629. The smallest absolute Gasteiger partial charge is 0.312 e. The molecule has 0 aromatic carbocycles. The summed E-state index contributed by atoms with van der Waals surface area (Å²) >= 11 is 0. The fraction of sp³-hybridized carbons (Fsp3) is 0.909. The van der Waals surface area contributed by atoms with Gasteiger partial charge in [-0.3, -0.25) is 4.79 Å². The highest BCUT2D eigenvalue weighted by Crippen LogP contribution is 2.30. The van der Waals surface area contributed by atoms with E-state index in [9.17, 15) is 4.79 Å².